The van der Waals surface area contributed by atoms with Gasteiger partial charge in [0.2, 0.25) is 0 Å². The first-order valence-electron chi connectivity index (χ1n) is 11.6. The van der Waals surface area contributed by atoms with Crippen molar-refractivity contribution >= 4 is 34.2 Å². The summed E-state index contributed by atoms with van der Waals surface area (Å²) in [5.74, 6) is -1.32. The Bertz CT molecular complexity index is 1330. The summed E-state index contributed by atoms with van der Waals surface area (Å²) < 4.78 is 15.0. The number of thiazole rings is 1. The molecule has 4 rings (SSSR count). The second-order valence-electron chi connectivity index (χ2n) is 8.98. The van der Waals surface area contributed by atoms with Crippen LogP contribution in [0.3, 0.4) is 0 Å². The molecule has 36 heavy (non-hydrogen) atoms. The Morgan fingerprint density at radius 3 is 2.47 bits per heavy atom. The molecule has 1 saturated carbocycles. The maximum atomic E-state index is 15.0. The minimum atomic E-state index is -0.557. The average molecular weight is 507 g/mol. The third kappa shape index (κ3) is 6.04. The maximum Gasteiger partial charge on any atom is 0.258 e. The van der Waals surface area contributed by atoms with E-state index in [2.05, 4.69) is 27.5 Å². The first kappa shape index (κ1) is 25.2. The molecule has 1 heterocycles. The Kier molecular flexibility index (Phi) is 7.59. The third-order valence-corrected chi connectivity index (χ3v) is 6.56. The molecule has 0 unspecified atom stereocenters. The summed E-state index contributed by atoms with van der Waals surface area (Å²) in [4.78, 5) is 42.7. The van der Waals surface area contributed by atoms with Crippen LogP contribution in [0.4, 0.5) is 9.52 Å². The second-order valence-corrected chi connectivity index (χ2v) is 9.87. The highest BCUT2D eigenvalue weighted by molar-refractivity contribution is 7.13. The summed E-state index contributed by atoms with van der Waals surface area (Å²) >= 11 is 1.25. The average Bonchev–Trinajstić information content (AvgIpc) is 3.55. The number of benzene rings is 2. The van der Waals surface area contributed by atoms with Crippen LogP contribution < -0.4 is 16.0 Å². The number of rotatable bonds is 9. The van der Waals surface area contributed by atoms with Crippen molar-refractivity contribution in [2.24, 2.45) is 5.92 Å². The van der Waals surface area contributed by atoms with E-state index in [1.807, 2.05) is 0 Å². The molecule has 3 aromatic rings. The quantitative estimate of drug-likeness (QED) is 0.357. The second kappa shape index (κ2) is 10.8. The Hall–Kier alpha value is -3.85. The highest BCUT2D eigenvalue weighted by Gasteiger charge is 2.24. The number of amides is 3. The normalized spacial score (nSPS) is 12.6. The monoisotopic (exact) mass is 506 g/mol. The fourth-order valence-corrected chi connectivity index (χ4v) is 4.17. The van der Waals surface area contributed by atoms with Crippen LogP contribution in [0.5, 0.6) is 0 Å². The SMILES string of the molecule is C=C(C)CNC(=O)c1ccc(-c2cc(C(=O)NCC3CC3)cc(F)c2C)c(C(=O)Nc2nccs2)c1. The minimum Gasteiger partial charge on any atom is -0.352 e. The number of anilines is 1. The van der Waals surface area contributed by atoms with Gasteiger partial charge in [0.05, 0.1) is 0 Å². The molecule has 9 heteroatoms. The fourth-order valence-electron chi connectivity index (χ4n) is 3.64. The number of nitrogens with zero attached hydrogens (tertiary/aromatic N) is 1. The number of carbonyl (C=O) groups is 3. The Morgan fingerprint density at radius 2 is 1.81 bits per heavy atom. The summed E-state index contributed by atoms with van der Waals surface area (Å²) in [7, 11) is 0. The third-order valence-electron chi connectivity index (χ3n) is 5.87. The van der Waals surface area contributed by atoms with Gasteiger partial charge in [-0.25, -0.2) is 9.37 Å². The van der Waals surface area contributed by atoms with E-state index in [1.54, 1.807) is 43.6 Å². The topological polar surface area (TPSA) is 100 Å². The van der Waals surface area contributed by atoms with Gasteiger partial charge in [0, 0.05) is 41.4 Å². The minimum absolute atomic E-state index is 0.159. The summed E-state index contributed by atoms with van der Waals surface area (Å²) in [6.07, 6.45) is 3.72. The van der Waals surface area contributed by atoms with Gasteiger partial charge in [0.15, 0.2) is 5.13 Å². The Balaban J connectivity index is 1.74. The fraction of sp³-hybridized carbons (Fsp3) is 0.259. The lowest BCUT2D eigenvalue weighted by atomic mass is 9.92. The van der Waals surface area contributed by atoms with Crippen LogP contribution in [0.2, 0.25) is 0 Å². The van der Waals surface area contributed by atoms with Crippen LogP contribution in [0.15, 0.2) is 54.1 Å². The van der Waals surface area contributed by atoms with Crippen molar-refractivity contribution in [3.63, 3.8) is 0 Å². The lowest BCUT2D eigenvalue weighted by Crippen LogP contribution is -2.26. The van der Waals surface area contributed by atoms with Gasteiger partial charge in [0.25, 0.3) is 17.7 Å². The van der Waals surface area contributed by atoms with Crippen LogP contribution in [0.25, 0.3) is 11.1 Å². The van der Waals surface area contributed by atoms with Gasteiger partial charge >= 0.3 is 0 Å². The van der Waals surface area contributed by atoms with Gasteiger partial charge in [-0.1, -0.05) is 18.2 Å². The Labute approximate surface area is 212 Å². The highest BCUT2D eigenvalue weighted by atomic mass is 32.1. The van der Waals surface area contributed by atoms with Crippen molar-refractivity contribution in [2.45, 2.75) is 26.7 Å². The van der Waals surface area contributed by atoms with Gasteiger partial charge in [-0.15, -0.1) is 11.3 Å². The van der Waals surface area contributed by atoms with E-state index in [-0.39, 0.29) is 34.1 Å². The molecular weight excluding hydrogens is 479 g/mol. The van der Waals surface area contributed by atoms with Crippen LogP contribution in [-0.4, -0.2) is 35.8 Å². The van der Waals surface area contributed by atoms with Gasteiger partial charge in [-0.3, -0.25) is 19.7 Å². The molecule has 3 amide bonds. The van der Waals surface area contributed by atoms with Crippen molar-refractivity contribution in [1.29, 1.82) is 0 Å². The van der Waals surface area contributed by atoms with Gasteiger partial charge in [-0.2, -0.15) is 0 Å². The number of hydrogen-bond acceptors (Lipinski definition) is 5. The van der Waals surface area contributed by atoms with E-state index in [9.17, 15) is 18.8 Å². The molecule has 1 aliphatic rings. The standard InChI is InChI=1S/C27H27FN4O3S/c1-15(2)13-30-24(33)18-6-7-20(22(10-18)26(35)32-27-29-8-9-36-27)21-11-19(12-23(28)16(21)3)25(34)31-14-17-4-5-17/h6-12,17H,1,4-5,13-14H2,2-3H3,(H,30,33)(H,31,34)(H,29,32,35). The molecule has 0 atom stereocenters. The largest absolute Gasteiger partial charge is 0.352 e. The van der Waals surface area contributed by atoms with Gasteiger partial charge in [0.1, 0.15) is 5.82 Å². The molecule has 0 radical (unpaired) electrons. The van der Waals surface area contributed by atoms with E-state index in [4.69, 9.17) is 0 Å². The number of carbonyl (C=O) groups excluding carboxylic acids is 3. The molecular formula is C27H27FN4O3S. The van der Waals surface area contributed by atoms with Gasteiger partial charge < -0.3 is 10.6 Å². The molecule has 0 spiro atoms. The summed E-state index contributed by atoms with van der Waals surface area (Å²) in [5.41, 5.74) is 2.45. The maximum absolute atomic E-state index is 15.0. The van der Waals surface area contributed by atoms with E-state index in [0.717, 1.165) is 18.4 Å². The predicted octanol–water partition coefficient (Wildman–Crippen LogP) is 4.96. The van der Waals surface area contributed by atoms with Crippen molar-refractivity contribution in [3.8, 4) is 11.1 Å². The summed E-state index contributed by atoms with van der Waals surface area (Å²) in [6.45, 7) is 8.01. The lowest BCUT2D eigenvalue weighted by molar-refractivity contribution is 0.0945. The molecule has 0 bridgehead atoms. The van der Waals surface area contributed by atoms with Gasteiger partial charge in [-0.05, 0) is 73.6 Å². The number of halogens is 1. The molecule has 186 valence electrons. The van der Waals surface area contributed by atoms with Crippen molar-refractivity contribution < 1.29 is 18.8 Å². The van der Waals surface area contributed by atoms with Crippen LogP contribution in [0, 0.1) is 18.7 Å². The molecule has 1 fully saturated rings. The van der Waals surface area contributed by atoms with Crippen LogP contribution >= 0.6 is 11.3 Å². The number of nitrogens with one attached hydrogen (secondary N) is 3. The molecule has 7 nitrogen and oxygen atoms in total. The first-order valence-corrected chi connectivity index (χ1v) is 12.5. The zero-order valence-corrected chi connectivity index (χ0v) is 20.9. The predicted molar refractivity (Wildman–Crippen MR) is 139 cm³/mol. The smallest absolute Gasteiger partial charge is 0.258 e. The van der Waals surface area contributed by atoms with Crippen molar-refractivity contribution in [2.75, 3.05) is 18.4 Å². The molecule has 0 saturated heterocycles. The van der Waals surface area contributed by atoms with E-state index in [1.165, 1.54) is 23.5 Å². The Morgan fingerprint density at radius 1 is 1.06 bits per heavy atom. The zero-order valence-electron chi connectivity index (χ0n) is 20.1. The lowest BCUT2D eigenvalue weighted by Gasteiger charge is -2.16. The number of hydrogen-bond donors (Lipinski definition) is 3. The van der Waals surface area contributed by atoms with E-state index >= 15 is 0 Å². The molecule has 0 aliphatic heterocycles. The molecule has 1 aromatic heterocycles. The summed E-state index contributed by atoms with van der Waals surface area (Å²) in [5, 5.41) is 10.4. The van der Waals surface area contributed by atoms with E-state index < -0.39 is 11.7 Å². The number of aromatic nitrogens is 1. The highest BCUT2D eigenvalue weighted by Crippen LogP contribution is 2.32. The molecule has 1 aliphatic carbocycles. The van der Waals surface area contributed by atoms with Crippen LogP contribution in [0.1, 0.15) is 56.4 Å². The summed E-state index contributed by atoms with van der Waals surface area (Å²) in [6, 6.07) is 7.41. The van der Waals surface area contributed by atoms with Crippen molar-refractivity contribution in [3.05, 3.63) is 82.1 Å². The first-order chi connectivity index (χ1) is 17.2. The van der Waals surface area contributed by atoms with Crippen molar-refractivity contribution in [1.82, 2.24) is 15.6 Å². The van der Waals surface area contributed by atoms with E-state index in [0.29, 0.717) is 35.3 Å². The van der Waals surface area contributed by atoms with Crippen LogP contribution in [-0.2, 0) is 0 Å². The zero-order chi connectivity index (χ0) is 25.8. The molecule has 3 N–H and O–H groups in total. The molecule has 2 aromatic carbocycles.